The van der Waals surface area contributed by atoms with Gasteiger partial charge in [0.1, 0.15) is 0 Å². The van der Waals surface area contributed by atoms with Gasteiger partial charge in [-0.3, -0.25) is 9.00 Å². The van der Waals surface area contributed by atoms with Crippen molar-refractivity contribution in [3.05, 3.63) is 59.6 Å². The summed E-state index contributed by atoms with van der Waals surface area (Å²) in [4.78, 5) is 15.1. The van der Waals surface area contributed by atoms with E-state index >= 15 is 0 Å². The van der Waals surface area contributed by atoms with E-state index in [2.05, 4.69) is 0 Å². The van der Waals surface area contributed by atoms with Crippen LogP contribution < -0.4 is 4.90 Å². The van der Waals surface area contributed by atoms with Crippen molar-refractivity contribution >= 4 is 34.0 Å². The van der Waals surface area contributed by atoms with Crippen molar-refractivity contribution < 1.29 is 9.00 Å². The maximum Gasteiger partial charge on any atom is 0.228 e. The molecule has 5 heteroatoms. The lowest BCUT2D eigenvalue weighted by Gasteiger charge is -2.20. The number of nitrogens with zero attached hydrogens (tertiary/aromatic N) is 1. The number of para-hydroxylation sites is 1. The highest BCUT2D eigenvalue weighted by Gasteiger charge is 2.28. The molecule has 1 amide bonds. The van der Waals surface area contributed by atoms with Crippen molar-refractivity contribution in [2.45, 2.75) is 29.4 Å². The van der Waals surface area contributed by atoms with Crippen molar-refractivity contribution in [3.63, 3.8) is 0 Å². The first-order chi connectivity index (χ1) is 11.1. The SMILES string of the molecule is O=C1CC(S(=O)c2ccc(Cl)cc2)CCCN1c1ccccc1. The smallest absolute Gasteiger partial charge is 0.228 e. The fourth-order valence-electron chi connectivity index (χ4n) is 2.83. The number of rotatable bonds is 3. The van der Waals surface area contributed by atoms with Gasteiger partial charge >= 0.3 is 0 Å². The first kappa shape index (κ1) is 16.2. The summed E-state index contributed by atoms with van der Waals surface area (Å²) < 4.78 is 12.7. The minimum Gasteiger partial charge on any atom is -0.312 e. The Hall–Kier alpha value is -1.65. The van der Waals surface area contributed by atoms with E-state index in [1.54, 1.807) is 29.2 Å². The average molecular weight is 348 g/mol. The van der Waals surface area contributed by atoms with Gasteiger partial charge < -0.3 is 4.90 Å². The van der Waals surface area contributed by atoms with Crippen LogP contribution in [-0.4, -0.2) is 21.9 Å². The van der Waals surface area contributed by atoms with Crippen LogP contribution in [0, 0.1) is 0 Å². The molecule has 3 nitrogen and oxygen atoms in total. The molecule has 1 heterocycles. The molecule has 120 valence electrons. The molecule has 23 heavy (non-hydrogen) atoms. The van der Waals surface area contributed by atoms with Gasteiger partial charge in [0, 0.05) is 33.8 Å². The van der Waals surface area contributed by atoms with Crippen molar-refractivity contribution in [2.75, 3.05) is 11.4 Å². The largest absolute Gasteiger partial charge is 0.312 e. The Labute approximate surface area is 143 Å². The van der Waals surface area contributed by atoms with E-state index in [4.69, 9.17) is 11.6 Å². The molecule has 0 N–H and O–H groups in total. The summed E-state index contributed by atoms with van der Waals surface area (Å²) in [5.41, 5.74) is 0.912. The number of amides is 1. The molecule has 3 rings (SSSR count). The van der Waals surface area contributed by atoms with Crippen molar-refractivity contribution in [1.82, 2.24) is 0 Å². The highest BCUT2D eigenvalue weighted by molar-refractivity contribution is 7.85. The first-order valence-electron chi connectivity index (χ1n) is 7.67. The Morgan fingerprint density at radius 1 is 1.04 bits per heavy atom. The summed E-state index contributed by atoms with van der Waals surface area (Å²) in [6.45, 7) is 0.678. The molecular formula is C18H18ClNO2S. The van der Waals surface area contributed by atoms with Gasteiger partial charge in [-0.05, 0) is 49.2 Å². The normalized spacial score (nSPS) is 20.1. The molecule has 2 aromatic rings. The molecule has 1 fully saturated rings. The highest BCUT2D eigenvalue weighted by atomic mass is 35.5. The third-order valence-electron chi connectivity index (χ3n) is 4.03. The molecule has 2 aromatic carbocycles. The molecule has 0 aliphatic carbocycles. The molecule has 1 saturated heterocycles. The minimum atomic E-state index is -1.19. The van der Waals surface area contributed by atoms with E-state index in [1.165, 1.54) is 0 Å². The number of benzene rings is 2. The van der Waals surface area contributed by atoms with Gasteiger partial charge in [-0.2, -0.15) is 0 Å². The van der Waals surface area contributed by atoms with E-state index < -0.39 is 10.8 Å². The van der Waals surface area contributed by atoms with Crippen LogP contribution >= 0.6 is 11.6 Å². The van der Waals surface area contributed by atoms with Crippen LogP contribution in [0.25, 0.3) is 0 Å². The molecular weight excluding hydrogens is 330 g/mol. The molecule has 0 radical (unpaired) electrons. The number of hydrogen-bond acceptors (Lipinski definition) is 2. The van der Waals surface area contributed by atoms with Gasteiger partial charge in [-0.15, -0.1) is 0 Å². The van der Waals surface area contributed by atoms with E-state index in [0.29, 0.717) is 18.0 Å². The number of halogens is 1. The molecule has 0 aromatic heterocycles. The second-order valence-corrected chi connectivity index (χ2v) is 7.77. The monoisotopic (exact) mass is 347 g/mol. The summed E-state index contributed by atoms with van der Waals surface area (Å²) in [5.74, 6) is 0.0426. The fourth-order valence-corrected chi connectivity index (χ4v) is 4.42. The zero-order valence-electron chi connectivity index (χ0n) is 12.7. The van der Waals surface area contributed by atoms with E-state index in [-0.39, 0.29) is 11.2 Å². The van der Waals surface area contributed by atoms with E-state index in [9.17, 15) is 9.00 Å². The van der Waals surface area contributed by atoms with Crippen LogP contribution in [0.1, 0.15) is 19.3 Å². The molecule has 2 unspecified atom stereocenters. The topological polar surface area (TPSA) is 37.4 Å². The molecule has 0 saturated carbocycles. The Kier molecular flexibility index (Phi) is 5.13. The zero-order valence-corrected chi connectivity index (χ0v) is 14.2. The molecule has 0 spiro atoms. The van der Waals surface area contributed by atoms with Crippen LogP contribution in [0.15, 0.2) is 59.5 Å². The van der Waals surface area contributed by atoms with Crippen molar-refractivity contribution in [2.24, 2.45) is 0 Å². The Morgan fingerprint density at radius 2 is 1.74 bits per heavy atom. The lowest BCUT2D eigenvalue weighted by molar-refractivity contribution is -0.118. The Balaban J connectivity index is 1.75. The van der Waals surface area contributed by atoms with Crippen LogP contribution in [0.5, 0.6) is 0 Å². The van der Waals surface area contributed by atoms with Gasteiger partial charge in [0.15, 0.2) is 0 Å². The summed E-state index contributed by atoms with van der Waals surface area (Å²) in [5, 5.41) is 0.482. The Morgan fingerprint density at radius 3 is 2.43 bits per heavy atom. The lowest BCUT2D eigenvalue weighted by atomic mass is 10.2. The molecule has 1 aliphatic rings. The number of carbonyl (C=O) groups excluding carboxylic acids is 1. The van der Waals surface area contributed by atoms with E-state index in [0.717, 1.165) is 23.4 Å². The second kappa shape index (κ2) is 7.28. The van der Waals surface area contributed by atoms with Crippen molar-refractivity contribution in [3.8, 4) is 0 Å². The highest BCUT2D eigenvalue weighted by Crippen LogP contribution is 2.26. The first-order valence-corrected chi connectivity index (χ1v) is 9.26. The fraction of sp³-hybridized carbons (Fsp3) is 0.278. The minimum absolute atomic E-state index is 0.0426. The standard InChI is InChI=1S/C18H18ClNO2S/c19-14-8-10-16(11-9-14)23(22)17-7-4-12-20(18(21)13-17)15-5-2-1-3-6-15/h1-3,5-6,8-11,17H,4,7,12-13H2. The third kappa shape index (κ3) is 3.82. The average Bonchev–Trinajstić information content (AvgIpc) is 2.77. The van der Waals surface area contributed by atoms with E-state index in [1.807, 2.05) is 30.3 Å². The van der Waals surface area contributed by atoms with Crippen molar-refractivity contribution in [1.29, 1.82) is 0 Å². The number of anilines is 1. The molecule has 0 bridgehead atoms. The number of carbonyl (C=O) groups is 1. The predicted molar refractivity (Wildman–Crippen MR) is 94.3 cm³/mol. The predicted octanol–water partition coefficient (Wildman–Crippen LogP) is 4.03. The van der Waals surface area contributed by atoms with Gasteiger partial charge in [0.05, 0.1) is 10.8 Å². The number of hydrogen-bond donors (Lipinski definition) is 0. The summed E-state index contributed by atoms with van der Waals surface area (Å²) in [6.07, 6.45) is 1.94. The quantitative estimate of drug-likeness (QED) is 0.840. The molecule has 1 aliphatic heterocycles. The van der Waals surface area contributed by atoms with Crippen LogP contribution in [-0.2, 0) is 15.6 Å². The summed E-state index contributed by atoms with van der Waals surface area (Å²) in [6, 6.07) is 16.7. The maximum absolute atomic E-state index is 12.7. The zero-order chi connectivity index (χ0) is 16.2. The van der Waals surface area contributed by atoms with Gasteiger partial charge in [0.25, 0.3) is 0 Å². The second-order valence-electron chi connectivity index (χ2n) is 5.60. The van der Waals surface area contributed by atoms with Crippen LogP contribution in [0.4, 0.5) is 5.69 Å². The lowest BCUT2D eigenvalue weighted by Crippen LogP contribution is -2.31. The molecule has 2 atom stereocenters. The van der Waals surface area contributed by atoms with Crippen LogP contribution in [0.3, 0.4) is 0 Å². The summed E-state index contributed by atoms with van der Waals surface area (Å²) >= 11 is 5.88. The van der Waals surface area contributed by atoms with Gasteiger partial charge in [0.2, 0.25) is 5.91 Å². The van der Waals surface area contributed by atoms with Crippen LogP contribution in [0.2, 0.25) is 5.02 Å². The maximum atomic E-state index is 12.7. The van der Waals surface area contributed by atoms with Gasteiger partial charge in [-0.25, -0.2) is 0 Å². The summed E-state index contributed by atoms with van der Waals surface area (Å²) in [7, 11) is -1.19. The third-order valence-corrected chi connectivity index (χ3v) is 6.02. The Bertz CT molecular complexity index is 703. The van der Waals surface area contributed by atoms with Gasteiger partial charge in [-0.1, -0.05) is 29.8 Å².